The molecular weight excluding hydrogens is 271 g/mol. The van der Waals surface area contributed by atoms with Gasteiger partial charge < -0.3 is 9.68 Å². The summed E-state index contributed by atoms with van der Waals surface area (Å²) in [5, 5.41) is 9.58. The van der Waals surface area contributed by atoms with Crippen LogP contribution in [0, 0.1) is 0 Å². The number of hydrogen-bond donors (Lipinski definition) is 1. The molecular formula is C19H23BO2. The van der Waals surface area contributed by atoms with Crippen LogP contribution in [-0.4, -0.2) is 12.1 Å². The van der Waals surface area contributed by atoms with Crippen LogP contribution in [0.4, 0.5) is 0 Å². The molecule has 0 aliphatic carbocycles. The Morgan fingerprint density at radius 2 is 2.00 bits per heavy atom. The summed E-state index contributed by atoms with van der Waals surface area (Å²) in [7, 11) is -0.783. The maximum absolute atomic E-state index is 9.58. The van der Waals surface area contributed by atoms with Crippen LogP contribution >= 0.6 is 0 Å². The van der Waals surface area contributed by atoms with Crippen molar-refractivity contribution in [1.82, 2.24) is 0 Å². The van der Waals surface area contributed by atoms with Crippen LogP contribution in [0.5, 0.6) is 0 Å². The molecule has 22 heavy (non-hydrogen) atoms. The highest BCUT2D eigenvalue weighted by atomic mass is 16.5. The van der Waals surface area contributed by atoms with Crippen LogP contribution in [0.15, 0.2) is 73.4 Å². The Balaban J connectivity index is 0.00000116. The van der Waals surface area contributed by atoms with Gasteiger partial charge in [0.1, 0.15) is 0 Å². The zero-order chi connectivity index (χ0) is 16.4. The first kappa shape index (κ1) is 18.0. The number of allylic oxidation sites excluding steroid dienone is 7. The maximum atomic E-state index is 9.58. The van der Waals surface area contributed by atoms with E-state index in [1.54, 1.807) is 12.2 Å². The highest BCUT2D eigenvalue weighted by molar-refractivity contribution is 6.61. The van der Waals surface area contributed by atoms with Crippen molar-refractivity contribution in [3.05, 3.63) is 84.5 Å². The smallest absolute Gasteiger partial charge is 0.423 e. The van der Waals surface area contributed by atoms with E-state index in [4.69, 9.17) is 4.65 Å². The van der Waals surface area contributed by atoms with Gasteiger partial charge in [-0.3, -0.25) is 0 Å². The number of fused-ring (bicyclic) bond motifs is 1. The van der Waals surface area contributed by atoms with Gasteiger partial charge in [-0.2, -0.15) is 0 Å². The lowest BCUT2D eigenvalue weighted by Crippen LogP contribution is -2.27. The molecule has 1 heterocycles. The van der Waals surface area contributed by atoms with Gasteiger partial charge in [-0.05, 0) is 28.2 Å². The van der Waals surface area contributed by atoms with Crippen LogP contribution in [0.3, 0.4) is 0 Å². The molecule has 0 radical (unpaired) electrons. The zero-order valence-electron chi connectivity index (χ0n) is 13.3. The topological polar surface area (TPSA) is 29.5 Å². The van der Waals surface area contributed by atoms with Crippen molar-refractivity contribution in [1.29, 1.82) is 0 Å². The summed E-state index contributed by atoms with van der Waals surface area (Å²) in [6.45, 7) is 11.8. The fourth-order valence-corrected chi connectivity index (χ4v) is 2.03. The van der Waals surface area contributed by atoms with E-state index in [1.807, 2.05) is 62.4 Å². The van der Waals surface area contributed by atoms with Gasteiger partial charge >= 0.3 is 7.12 Å². The largest absolute Gasteiger partial charge is 0.491 e. The molecule has 0 aromatic heterocycles. The second-order valence-corrected chi connectivity index (χ2v) is 4.45. The summed E-state index contributed by atoms with van der Waals surface area (Å²) >= 11 is 0. The van der Waals surface area contributed by atoms with Crippen LogP contribution in [0.25, 0.3) is 6.08 Å². The lowest BCUT2D eigenvalue weighted by Gasteiger charge is -2.00. The van der Waals surface area contributed by atoms with Gasteiger partial charge in [-0.1, -0.05) is 81.7 Å². The van der Waals surface area contributed by atoms with Crippen molar-refractivity contribution in [2.75, 3.05) is 0 Å². The second-order valence-electron chi connectivity index (χ2n) is 4.45. The molecule has 0 atom stereocenters. The first-order chi connectivity index (χ1) is 10.7. The molecule has 0 amide bonds. The zero-order valence-corrected chi connectivity index (χ0v) is 13.3. The monoisotopic (exact) mass is 294 g/mol. The van der Waals surface area contributed by atoms with E-state index in [-0.39, 0.29) is 0 Å². The Morgan fingerprint density at radius 1 is 1.23 bits per heavy atom. The van der Waals surface area contributed by atoms with E-state index in [9.17, 15) is 5.02 Å². The van der Waals surface area contributed by atoms with Crippen molar-refractivity contribution in [3.8, 4) is 0 Å². The third-order valence-corrected chi connectivity index (χ3v) is 3.03. The van der Waals surface area contributed by atoms with Crippen molar-refractivity contribution >= 4 is 18.7 Å². The maximum Gasteiger partial charge on any atom is 0.491 e. The van der Waals surface area contributed by atoms with E-state index >= 15 is 0 Å². The molecule has 3 heteroatoms. The molecule has 2 rings (SSSR count). The minimum Gasteiger partial charge on any atom is -0.423 e. The predicted octanol–water partition coefficient (Wildman–Crippen LogP) is 3.80. The molecule has 114 valence electrons. The van der Waals surface area contributed by atoms with E-state index in [2.05, 4.69) is 13.2 Å². The van der Waals surface area contributed by atoms with Crippen molar-refractivity contribution in [2.45, 2.75) is 20.5 Å². The van der Waals surface area contributed by atoms with Crippen LogP contribution < -0.4 is 5.46 Å². The number of benzene rings is 1. The van der Waals surface area contributed by atoms with E-state index < -0.39 is 7.12 Å². The minimum atomic E-state index is -0.783. The summed E-state index contributed by atoms with van der Waals surface area (Å²) in [6.07, 6.45) is 13.3. The molecule has 0 fully saturated rings. The van der Waals surface area contributed by atoms with Gasteiger partial charge in [-0.15, -0.1) is 0 Å². The molecule has 1 N–H and O–H groups in total. The SMILES string of the molecule is C=C\C=C/C(/C=C/c1ccc2c(c1)COB2O)=C\C=C.CC. The summed E-state index contributed by atoms with van der Waals surface area (Å²) in [5.74, 6) is 0. The average molecular weight is 294 g/mol. The first-order valence-electron chi connectivity index (χ1n) is 7.47. The molecule has 1 aliphatic rings. The van der Waals surface area contributed by atoms with Crippen LogP contribution in [-0.2, 0) is 11.3 Å². The Morgan fingerprint density at radius 3 is 2.68 bits per heavy atom. The summed E-state index contributed by atoms with van der Waals surface area (Å²) < 4.78 is 5.18. The summed E-state index contributed by atoms with van der Waals surface area (Å²) in [5.41, 5.74) is 4.01. The highest BCUT2D eigenvalue weighted by Crippen LogP contribution is 2.14. The second kappa shape index (κ2) is 9.77. The fraction of sp³-hybridized carbons (Fsp3) is 0.158. The highest BCUT2D eigenvalue weighted by Gasteiger charge is 2.26. The molecule has 0 spiro atoms. The van der Waals surface area contributed by atoms with Crippen LogP contribution in [0.1, 0.15) is 25.0 Å². The molecule has 1 aromatic carbocycles. The lowest BCUT2D eigenvalue weighted by atomic mass is 9.79. The Labute approximate surface area is 134 Å². The molecule has 0 unspecified atom stereocenters. The summed E-state index contributed by atoms with van der Waals surface area (Å²) in [6, 6.07) is 5.91. The van der Waals surface area contributed by atoms with Crippen molar-refractivity contribution in [2.24, 2.45) is 0 Å². The first-order valence-corrected chi connectivity index (χ1v) is 7.47. The van der Waals surface area contributed by atoms with Crippen molar-refractivity contribution < 1.29 is 9.68 Å². The molecule has 0 saturated carbocycles. The molecule has 1 aromatic rings. The molecule has 2 nitrogen and oxygen atoms in total. The van der Waals surface area contributed by atoms with Gasteiger partial charge in [0, 0.05) is 0 Å². The molecule has 1 aliphatic heterocycles. The van der Waals surface area contributed by atoms with E-state index in [0.717, 1.165) is 22.2 Å². The predicted molar refractivity (Wildman–Crippen MR) is 96.8 cm³/mol. The van der Waals surface area contributed by atoms with Gasteiger partial charge in [0.15, 0.2) is 0 Å². The van der Waals surface area contributed by atoms with Gasteiger partial charge in [0.2, 0.25) is 0 Å². The lowest BCUT2D eigenvalue weighted by molar-refractivity contribution is 0.275. The third-order valence-electron chi connectivity index (χ3n) is 3.03. The van der Waals surface area contributed by atoms with Gasteiger partial charge in [-0.25, -0.2) is 0 Å². The van der Waals surface area contributed by atoms with Crippen molar-refractivity contribution in [3.63, 3.8) is 0 Å². The van der Waals surface area contributed by atoms with Gasteiger partial charge in [0.25, 0.3) is 0 Å². The average Bonchev–Trinajstić information content (AvgIpc) is 2.93. The molecule has 0 saturated heterocycles. The Kier molecular flexibility index (Phi) is 7.97. The number of hydrogen-bond acceptors (Lipinski definition) is 2. The van der Waals surface area contributed by atoms with Gasteiger partial charge in [0.05, 0.1) is 6.61 Å². The normalized spacial score (nSPS) is 14.0. The summed E-state index contributed by atoms with van der Waals surface area (Å²) in [4.78, 5) is 0. The quantitative estimate of drug-likeness (QED) is 0.661. The third kappa shape index (κ3) is 5.03. The molecule has 0 bridgehead atoms. The fourth-order valence-electron chi connectivity index (χ4n) is 2.03. The van der Waals surface area contributed by atoms with E-state index in [0.29, 0.717) is 6.61 Å². The Hall–Kier alpha value is -2.10. The minimum absolute atomic E-state index is 0.462. The number of rotatable bonds is 5. The van der Waals surface area contributed by atoms with Crippen LogP contribution in [0.2, 0.25) is 0 Å². The standard InChI is InChI=1S/C17H17BO2.C2H6/c1-3-5-7-14(6-4-2)8-9-15-10-11-17-16(12-15)13-20-18(17)19;1-2/h3-12,19H,1-2,13H2;1-2H3/b7-5-,9-8+,14-6+;. The Bertz CT molecular complexity index is 597. The van der Waals surface area contributed by atoms with E-state index in [1.165, 1.54) is 0 Å².